The van der Waals surface area contributed by atoms with E-state index in [1.807, 2.05) is 29.3 Å². The molecule has 1 atom stereocenters. The van der Waals surface area contributed by atoms with E-state index in [2.05, 4.69) is 19.9 Å². The Kier molecular flexibility index (Phi) is 3.88. The maximum absolute atomic E-state index is 13.1. The molecule has 1 spiro atoms. The first kappa shape index (κ1) is 15.1. The van der Waals surface area contributed by atoms with Gasteiger partial charge in [-0.15, -0.1) is 0 Å². The van der Waals surface area contributed by atoms with Crippen molar-refractivity contribution in [2.24, 2.45) is 5.41 Å². The van der Waals surface area contributed by atoms with Crippen molar-refractivity contribution in [3.63, 3.8) is 0 Å². The molecular weight excluding hydrogens is 302 g/mol. The number of amides is 1. The standard InChI is InChI=1S/C18H21N5O/c24-16-18(6-11-22(16)13-15-4-1-7-19-12-15)5-2-10-23(14-18)17-20-8-3-9-21-17/h1,3-4,7-9,12H,2,5-6,10-11,13-14H2. The summed E-state index contributed by atoms with van der Waals surface area (Å²) in [4.78, 5) is 30.1. The Morgan fingerprint density at radius 3 is 2.75 bits per heavy atom. The van der Waals surface area contributed by atoms with Crippen molar-refractivity contribution in [3.05, 3.63) is 48.5 Å². The van der Waals surface area contributed by atoms with E-state index in [0.717, 1.165) is 50.4 Å². The zero-order valence-electron chi connectivity index (χ0n) is 13.6. The first-order valence-corrected chi connectivity index (χ1v) is 8.47. The lowest BCUT2D eigenvalue weighted by atomic mass is 9.78. The van der Waals surface area contributed by atoms with Gasteiger partial charge in [0.1, 0.15) is 0 Å². The number of piperidine rings is 1. The molecule has 4 rings (SSSR count). The van der Waals surface area contributed by atoms with Gasteiger partial charge in [0, 0.05) is 51.0 Å². The van der Waals surface area contributed by atoms with Crippen molar-refractivity contribution < 1.29 is 4.79 Å². The summed E-state index contributed by atoms with van der Waals surface area (Å²) in [5.41, 5.74) is 0.807. The Morgan fingerprint density at radius 2 is 1.96 bits per heavy atom. The molecule has 24 heavy (non-hydrogen) atoms. The summed E-state index contributed by atoms with van der Waals surface area (Å²) in [7, 11) is 0. The molecule has 0 N–H and O–H groups in total. The van der Waals surface area contributed by atoms with Crippen LogP contribution in [0.4, 0.5) is 5.95 Å². The lowest BCUT2D eigenvalue weighted by molar-refractivity contribution is -0.137. The van der Waals surface area contributed by atoms with E-state index in [9.17, 15) is 4.79 Å². The van der Waals surface area contributed by atoms with Gasteiger partial charge in [0.2, 0.25) is 11.9 Å². The van der Waals surface area contributed by atoms with Crippen molar-refractivity contribution in [1.82, 2.24) is 19.9 Å². The highest BCUT2D eigenvalue weighted by Crippen LogP contribution is 2.41. The Hall–Kier alpha value is -2.50. The van der Waals surface area contributed by atoms with Crippen molar-refractivity contribution in [2.75, 3.05) is 24.5 Å². The lowest BCUT2D eigenvalue weighted by Crippen LogP contribution is -2.48. The molecule has 2 aliphatic rings. The minimum atomic E-state index is -0.278. The van der Waals surface area contributed by atoms with E-state index in [-0.39, 0.29) is 11.3 Å². The van der Waals surface area contributed by atoms with Crippen molar-refractivity contribution in [3.8, 4) is 0 Å². The molecule has 2 aromatic heterocycles. The molecule has 0 saturated carbocycles. The Morgan fingerprint density at radius 1 is 1.08 bits per heavy atom. The molecule has 6 heteroatoms. The molecule has 1 unspecified atom stereocenters. The largest absolute Gasteiger partial charge is 0.340 e. The summed E-state index contributed by atoms with van der Waals surface area (Å²) < 4.78 is 0. The number of likely N-dealkylation sites (tertiary alicyclic amines) is 1. The van der Waals surface area contributed by atoms with Crippen LogP contribution in [0, 0.1) is 5.41 Å². The van der Waals surface area contributed by atoms with E-state index in [1.54, 1.807) is 18.6 Å². The topological polar surface area (TPSA) is 62.2 Å². The lowest BCUT2D eigenvalue weighted by Gasteiger charge is -2.39. The summed E-state index contributed by atoms with van der Waals surface area (Å²) in [6, 6.07) is 5.76. The molecule has 2 saturated heterocycles. The molecule has 124 valence electrons. The average molecular weight is 323 g/mol. The second kappa shape index (κ2) is 6.19. The highest BCUT2D eigenvalue weighted by Gasteiger charge is 2.49. The van der Waals surface area contributed by atoms with Gasteiger partial charge < -0.3 is 9.80 Å². The van der Waals surface area contributed by atoms with Crippen LogP contribution in [0.1, 0.15) is 24.8 Å². The van der Waals surface area contributed by atoms with E-state index in [1.165, 1.54) is 0 Å². The van der Waals surface area contributed by atoms with Gasteiger partial charge in [-0.1, -0.05) is 6.07 Å². The van der Waals surface area contributed by atoms with Gasteiger partial charge in [-0.2, -0.15) is 0 Å². The summed E-state index contributed by atoms with van der Waals surface area (Å²) in [6.45, 7) is 3.11. The quantitative estimate of drug-likeness (QED) is 0.863. The molecule has 2 aromatic rings. The van der Waals surface area contributed by atoms with Crippen molar-refractivity contribution >= 4 is 11.9 Å². The summed E-state index contributed by atoms with van der Waals surface area (Å²) in [6.07, 6.45) is 9.99. The third-order valence-electron chi connectivity index (χ3n) is 5.11. The molecule has 0 bridgehead atoms. The first-order chi connectivity index (χ1) is 11.8. The van der Waals surface area contributed by atoms with Crippen LogP contribution < -0.4 is 4.90 Å². The maximum Gasteiger partial charge on any atom is 0.230 e. The minimum Gasteiger partial charge on any atom is -0.340 e. The number of anilines is 1. The molecule has 0 aromatic carbocycles. The maximum atomic E-state index is 13.1. The fourth-order valence-electron chi connectivity index (χ4n) is 3.89. The molecule has 0 aliphatic carbocycles. The van der Waals surface area contributed by atoms with Crippen LogP contribution in [0.25, 0.3) is 0 Å². The minimum absolute atomic E-state index is 0.270. The number of rotatable bonds is 3. The third kappa shape index (κ3) is 2.72. The van der Waals surface area contributed by atoms with E-state index >= 15 is 0 Å². The summed E-state index contributed by atoms with van der Waals surface area (Å²) >= 11 is 0. The zero-order chi connectivity index (χ0) is 16.4. The van der Waals surface area contributed by atoms with Crippen LogP contribution in [0.15, 0.2) is 43.0 Å². The average Bonchev–Trinajstić information content (AvgIpc) is 2.93. The van der Waals surface area contributed by atoms with Crippen LogP contribution in [-0.2, 0) is 11.3 Å². The van der Waals surface area contributed by atoms with Gasteiger partial charge in [-0.05, 0) is 37.0 Å². The summed E-state index contributed by atoms with van der Waals surface area (Å²) in [5.74, 6) is 1.00. The SMILES string of the molecule is O=C1N(Cc2cccnc2)CCC12CCCN(c1ncccn1)C2. The fourth-order valence-corrected chi connectivity index (χ4v) is 3.89. The number of carbonyl (C=O) groups is 1. The van der Waals surface area contributed by atoms with Crippen molar-refractivity contribution in [1.29, 1.82) is 0 Å². The van der Waals surface area contributed by atoms with Crippen LogP contribution in [0.3, 0.4) is 0 Å². The number of carbonyl (C=O) groups excluding carboxylic acids is 1. The van der Waals surface area contributed by atoms with Crippen molar-refractivity contribution in [2.45, 2.75) is 25.8 Å². The highest BCUT2D eigenvalue weighted by atomic mass is 16.2. The third-order valence-corrected chi connectivity index (χ3v) is 5.11. The normalized spacial score (nSPS) is 23.9. The second-order valence-electron chi connectivity index (χ2n) is 6.69. The number of hydrogen-bond donors (Lipinski definition) is 0. The van der Waals surface area contributed by atoms with E-state index < -0.39 is 0 Å². The van der Waals surface area contributed by atoms with E-state index in [0.29, 0.717) is 6.54 Å². The Labute approximate surface area is 141 Å². The fraction of sp³-hybridized carbons (Fsp3) is 0.444. The number of hydrogen-bond acceptors (Lipinski definition) is 5. The van der Waals surface area contributed by atoms with Gasteiger partial charge in [-0.25, -0.2) is 9.97 Å². The molecule has 2 aliphatic heterocycles. The molecule has 6 nitrogen and oxygen atoms in total. The van der Waals surface area contributed by atoms with Gasteiger partial charge >= 0.3 is 0 Å². The van der Waals surface area contributed by atoms with Gasteiger partial charge in [0.25, 0.3) is 0 Å². The predicted molar refractivity (Wildman–Crippen MR) is 90.2 cm³/mol. The van der Waals surface area contributed by atoms with Gasteiger partial charge in [-0.3, -0.25) is 9.78 Å². The van der Waals surface area contributed by atoms with Crippen LogP contribution in [0.2, 0.25) is 0 Å². The zero-order valence-corrected chi connectivity index (χ0v) is 13.6. The molecule has 1 amide bonds. The highest BCUT2D eigenvalue weighted by molar-refractivity contribution is 5.85. The summed E-state index contributed by atoms with van der Waals surface area (Å²) in [5, 5.41) is 0. The van der Waals surface area contributed by atoms with E-state index in [4.69, 9.17) is 0 Å². The molecule has 2 fully saturated rings. The number of nitrogens with zero attached hydrogens (tertiary/aromatic N) is 5. The molecular formula is C18H21N5O. The first-order valence-electron chi connectivity index (χ1n) is 8.47. The Balaban J connectivity index is 1.50. The van der Waals surface area contributed by atoms with Crippen LogP contribution in [0.5, 0.6) is 0 Å². The monoisotopic (exact) mass is 323 g/mol. The number of aromatic nitrogens is 3. The van der Waals surface area contributed by atoms with Crippen LogP contribution >= 0.6 is 0 Å². The van der Waals surface area contributed by atoms with Gasteiger partial charge in [0.05, 0.1) is 5.41 Å². The van der Waals surface area contributed by atoms with Crippen LogP contribution in [-0.4, -0.2) is 45.4 Å². The second-order valence-corrected chi connectivity index (χ2v) is 6.69. The predicted octanol–water partition coefficient (Wildman–Crippen LogP) is 1.89. The smallest absolute Gasteiger partial charge is 0.230 e. The van der Waals surface area contributed by atoms with Gasteiger partial charge in [0.15, 0.2) is 0 Å². The molecule has 4 heterocycles. The number of pyridine rings is 1. The molecule has 0 radical (unpaired) electrons. The Bertz CT molecular complexity index is 708.